The Balaban J connectivity index is 1.64. The number of hydrogen-bond donors (Lipinski definition) is 3. The van der Waals surface area contributed by atoms with Crippen molar-refractivity contribution in [2.24, 2.45) is 0 Å². The summed E-state index contributed by atoms with van der Waals surface area (Å²) in [6, 6.07) is 6.82. The highest BCUT2D eigenvalue weighted by Crippen LogP contribution is 2.17. The summed E-state index contributed by atoms with van der Waals surface area (Å²) < 4.78 is 30.7. The van der Waals surface area contributed by atoms with Crippen LogP contribution < -0.4 is 10.6 Å². The summed E-state index contributed by atoms with van der Waals surface area (Å²) in [6.07, 6.45) is 7.68. The molecule has 1 saturated carbocycles. The van der Waals surface area contributed by atoms with Crippen molar-refractivity contribution in [1.29, 1.82) is 0 Å². The van der Waals surface area contributed by atoms with Gasteiger partial charge in [-0.1, -0.05) is 19.3 Å². The molecule has 1 fully saturated rings. The van der Waals surface area contributed by atoms with Gasteiger partial charge in [-0.25, -0.2) is 0 Å². The minimum absolute atomic E-state index is 0.0768. The average Bonchev–Trinajstić information content (AvgIpc) is 2.47. The van der Waals surface area contributed by atoms with E-state index in [2.05, 4.69) is 10.6 Å². The van der Waals surface area contributed by atoms with Crippen LogP contribution in [0.1, 0.15) is 38.5 Å². The molecule has 1 aromatic rings. The minimum Gasteiger partial charge on any atom is -0.385 e. The van der Waals surface area contributed by atoms with Gasteiger partial charge in [0.05, 0.1) is 4.90 Å². The summed E-state index contributed by atoms with van der Waals surface area (Å²) in [5.74, 6) is 0. The molecule has 2 rings (SSSR count). The van der Waals surface area contributed by atoms with E-state index in [1.54, 1.807) is 12.1 Å². The molecule has 0 heterocycles. The molecule has 1 aromatic carbocycles. The van der Waals surface area contributed by atoms with Crippen molar-refractivity contribution in [2.45, 2.75) is 49.5 Å². The second kappa shape index (κ2) is 7.77. The topological polar surface area (TPSA) is 78.4 Å². The lowest BCUT2D eigenvalue weighted by molar-refractivity contribution is 0.373. The molecule has 0 amide bonds. The van der Waals surface area contributed by atoms with Crippen molar-refractivity contribution in [2.75, 3.05) is 18.4 Å². The Labute approximate surface area is 126 Å². The Morgan fingerprint density at radius 2 is 1.71 bits per heavy atom. The maximum Gasteiger partial charge on any atom is 0.294 e. The predicted molar refractivity (Wildman–Crippen MR) is 84.2 cm³/mol. The highest BCUT2D eigenvalue weighted by Gasteiger charge is 2.11. The Morgan fingerprint density at radius 3 is 2.33 bits per heavy atom. The molecule has 0 radical (unpaired) electrons. The molecule has 118 valence electrons. The lowest BCUT2D eigenvalue weighted by Crippen LogP contribution is -2.32. The molecule has 0 spiro atoms. The zero-order valence-corrected chi connectivity index (χ0v) is 13.0. The lowest BCUT2D eigenvalue weighted by Gasteiger charge is -2.22. The van der Waals surface area contributed by atoms with E-state index in [1.807, 2.05) is 0 Å². The monoisotopic (exact) mass is 312 g/mol. The van der Waals surface area contributed by atoms with Crippen molar-refractivity contribution < 1.29 is 13.0 Å². The highest BCUT2D eigenvalue weighted by molar-refractivity contribution is 7.85. The summed E-state index contributed by atoms with van der Waals surface area (Å²) in [4.78, 5) is -0.0768. The number of benzene rings is 1. The third kappa shape index (κ3) is 5.65. The zero-order chi connectivity index (χ0) is 15.1. The maximum absolute atomic E-state index is 10.9. The van der Waals surface area contributed by atoms with E-state index in [0.717, 1.165) is 25.2 Å². The third-order valence-corrected chi connectivity index (χ3v) is 4.74. The van der Waals surface area contributed by atoms with E-state index in [0.29, 0.717) is 6.04 Å². The molecule has 0 bridgehead atoms. The Bertz CT molecular complexity index is 522. The first-order chi connectivity index (χ1) is 10.1. The summed E-state index contributed by atoms with van der Waals surface area (Å²) in [6.45, 7) is 1.84. The molecule has 0 unspecified atom stereocenters. The third-order valence-electron chi connectivity index (χ3n) is 3.87. The predicted octanol–water partition coefficient (Wildman–Crippen LogP) is 2.66. The first-order valence-electron chi connectivity index (χ1n) is 7.60. The van der Waals surface area contributed by atoms with Crippen molar-refractivity contribution in [1.82, 2.24) is 5.32 Å². The van der Waals surface area contributed by atoms with Gasteiger partial charge in [-0.2, -0.15) is 8.42 Å². The Kier molecular flexibility index (Phi) is 6.02. The minimum atomic E-state index is -4.10. The molecular formula is C15H24N2O3S. The Morgan fingerprint density at radius 1 is 1.05 bits per heavy atom. The molecule has 0 saturated heterocycles. The van der Waals surface area contributed by atoms with Gasteiger partial charge >= 0.3 is 0 Å². The van der Waals surface area contributed by atoms with Crippen molar-refractivity contribution in [3.8, 4) is 0 Å². The van der Waals surface area contributed by atoms with E-state index in [9.17, 15) is 8.42 Å². The van der Waals surface area contributed by atoms with E-state index >= 15 is 0 Å². The SMILES string of the molecule is O=S(=O)(O)c1ccc(NCCCNC2CCCCC2)cc1. The first-order valence-corrected chi connectivity index (χ1v) is 9.04. The lowest BCUT2D eigenvalue weighted by atomic mass is 9.95. The number of rotatable bonds is 7. The van der Waals surface area contributed by atoms with Crippen LogP contribution in [0.2, 0.25) is 0 Å². The first kappa shape index (κ1) is 16.3. The van der Waals surface area contributed by atoms with Crippen LogP contribution in [0.3, 0.4) is 0 Å². The van der Waals surface area contributed by atoms with Gasteiger partial charge in [0.1, 0.15) is 0 Å². The molecule has 0 atom stereocenters. The van der Waals surface area contributed by atoms with Gasteiger partial charge in [-0.3, -0.25) is 4.55 Å². The summed E-state index contributed by atoms with van der Waals surface area (Å²) in [7, 11) is -4.10. The van der Waals surface area contributed by atoms with Gasteiger partial charge in [0, 0.05) is 18.3 Å². The Hall–Kier alpha value is -1.11. The van der Waals surface area contributed by atoms with E-state index in [1.165, 1.54) is 44.2 Å². The molecule has 1 aliphatic carbocycles. The fourth-order valence-electron chi connectivity index (χ4n) is 2.68. The zero-order valence-electron chi connectivity index (χ0n) is 12.2. The summed E-state index contributed by atoms with van der Waals surface area (Å²) in [5.41, 5.74) is 0.861. The molecule has 3 N–H and O–H groups in total. The van der Waals surface area contributed by atoms with Gasteiger partial charge in [0.2, 0.25) is 0 Å². The van der Waals surface area contributed by atoms with Gasteiger partial charge < -0.3 is 10.6 Å². The van der Waals surface area contributed by atoms with Gasteiger partial charge in [-0.05, 0) is 50.1 Å². The van der Waals surface area contributed by atoms with Crippen LogP contribution in [-0.4, -0.2) is 32.1 Å². The average molecular weight is 312 g/mol. The van der Waals surface area contributed by atoms with E-state index < -0.39 is 10.1 Å². The number of anilines is 1. The standard InChI is InChI=1S/C15H24N2O3S/c18-21(19,20)15-9-7-14(8-10-15)17-12-4-11-16-13-5-2-1-3-6-13/h7-10,13,16-17H,1-6,11-12H2,(H,18,19,20). The van der Waals surface area contributed by atoms with Crippen LogP contribution in [0.4, 0.5) is 5.69 Å². The van der Waals surface area contributed by atoms with Crippen molar-refractivity contribution >= 4 is 15.8 Å². The quantitative estimate of drug-likeness (QED) is 0.533. The van der Waals surface area contributed by atoms with Gasteiger partial charge in [0.25, 0.3) is 10.1 Å². The van der Waals surface area contributed by atoms with E-state index in [-0.39, 0.29) is 4.90 Å². The number of nitrogens with one attached hydrogen (secondary N) is 2. The molecule has 6 heteroatoms. The van der Waals surface area contributed by atoms with Crippen LogP contribution in [0.15, 0.2) is 29.2 Å². The van der Waals surface area contributed by atoms with Crippen LogP contribution in [0.25, 0.3) is 0 Å². The second-order valence-electron chi connectivity index (χ2n) is 5.57. The normalized spacial score (nSPS) is 16.8. The van der Waals surface area contributed by atoms with Crippen LogP contribution in [-0.2, 0) is 10.1 Å². The van der Waals surface area contributed by atoms with E-state index in [4.69, 9.17) is 4.55 Å². The summed E-state index contributed by atoms with van der Waals surface area (Å²) in [5, 5.41) is 6.83. The van der Waals surface area contributed by atoms with Crippen LogP contribution in [0.5, 0.6) is 0 Å². The highest BCUT2D eigenvalue weighted by atomic mass is 32.2. The van der Waals surface area contributed by atoms with Crippen molar-refractivity contribution in [3.05, 3.63) is 24.3 Å². The van der Waals surface area contributed by atoms with Crippen LogP contribution >= 0.6 is 0 Å². The largest absolute Gasteiger partial charge is 0.385 e. The molecular weight excluding hydrogens is 288 g/mol. The fourth-order valence-corrected chi connectivity index (χ4v) is 3.16. The summed E-state index contributed by atoms with van der Waals surface area (Å²) >= 11 is 0. The molecule has 1 aliphatic rings. The van der Waals surface area contributed by atoms with Gasteiger partial charge in [0.15, 0.2) is 0 Å². The molecule has 21 heavy (non-hydrogen) atoms. The molecule has 5 nitrogen and oxygen atoms in total. The smallest absolute Gasteiger partial charge is 0.294 e. The maximum atomic E-state index is 10.9. The molecule has 0 aromatic heterocycles. The van der Waals surface area contributed by atoms with Crippen LogP contribution in [0, 0.1) is 0 Å². The second-order valence-corrected chi connectivity index (χ2v) is 6.99. The fraction of sp³-hybridized carbons (Fsp3) is 0.600. The van der Waals surface area contributed by atoms with Crippen molar-refractivity contribution in [3.63, 3.8) is 0 Å². The molecule has 0 aliphatic heterocycles. The number of hydrogen-bond acceptors (Lipinski definition) is 4. The van der Waals surface area contributed by atoms with Gasteiger partial charge in [-0.15, -0.1) is 0 Å².